The second kappa shape index (κ2) is 6.76. The summed E-state index contributed by atoms with van der Waals surface area (Å²) in [7, 11) is 1.45. The van der Waals surface area contributed by atoms with Gasteiger partial charge in [0.15, 0.2) is 11.6 Å². The molecule has 6 heteroatoms. The number of methoxy groups -OCH3 is 1. The van der Waals surface area contributed by atoms with Crippen LogP contribution in [-0.2, 0) is 6.54 Å². The number of hydrogen-bond donors (Lipinski definition) is 1. The molecule has 0 saturated heterocycles. The van der Waals surface area contributed by atoms with E-state index >= 15 is 0 Å². The predicted octanol–water partition coefficient (Wildman–Crippen LogP) is 3.10. The lowest BCUT2D eigenvalue weighted by atomic mass is 10.2. The Balaban J connectivity index is 2.06. The summed E-state index contributed by atoms with van der Waals surface area (Å²) in [6.45, 7) is 5.93. The van der Waals surface area contributed by atoms with Gasteiger partial charge in [-0.3, -0.25) is 0 Å². The zero-order valence-electron chi connectivity index (χ0n) is 11.8. The molecule has 4 nitrogen and oxygen atoms in total. The van der Waals surface area contributed by atoms with Gasteiger partial charge in [0.2, 0.25) is 0 Å². The molecule has 0 spiro atoms. The molecule has 2 rings (SSSR count). The van der Waals surface area contributed by atoms with Crippen molar-refractivity contribution in [2.45, 2.75) is 20.4 Å². The van der Waals surface area contributed by atoms with Gasteiger partial charge in [0.05, 0.1) is 7.11 Å². The van der Waals surface area contributed by atoms with Gasteiger partial charge < -0.3 is 10.1 Å². The topological polar surface area (TPSA) is 47.0 Å². The molecule has 0 aliphatic heterocycles. The average molecular weight is 295 g/mol. The van der Waals surface area contributed by atoms with Gasteiger partial charge >= 0.3 is 0 Å². The molecule has 1 N–H and O–H groups in total. The summed E-state index contributed by atoms with van der Waals surface area (Å²) in [5.41, 5.74) is 0.718. The van der Waals surface area contributed by atoms with Crippen LogP contribution in [0.5, 0.6) is 5.75 Å². The first-order chi connectivity index (χ1) is 9.60. The first-order valence-electron chi connectivity index (χ1n) is 6.47. The lowest BCUT2D eigenvalue weighted by Crippen LogP contribution is -2.18. The van der Waals surface area contributed by atoms with Crippen molar-refractivity contribution in [1.82, 2.24) is 15.5 Å². The summed E-state index contributed by atoms with van der Waals surface area (Å²) < 4.78 is 18.6. The number of halogens is 1. The molecule has 20 heavy (non-hydrogen) atoms. The molecule has 0 atom stereocenters. The van der Waals surface area contributed by atoms with Gasteiger partial charge in [-0.2, -0.15) is 0 Å². The van der Waals surface area contributed by atoms with E-state index in [4.69, 9.17) is 4.74 Å². The van der Waals surface area contributed by atoms with Crippen LogP contribution in [-0.4, -0.2) is 23.9 Å². The minimum atomic E-state index is -0.389. The Labute approximate surface area is 122 Å². The maximum absolute atomic E-state index is 13.7. The number of rotatable bonds is 6. The highest BCUT2D eigenvalue weighted by Crippen LogP contribution is 2.27. The highest BCUT2D eigenvalue weighted by Gasteiger charge is 2.10. The second-order valence-electron chi connectivity index (χ2n) is 4.88. The van der Waals surface area contributed by atoms with Crippen molar-refractivity contribution in [2.24, 2.45) is 5.92 Å². The van der Waals surface area contributed by atoms with Crippen molar-refractivity contribution in [3.63, 3.8) is 0 Å². The quantitative estimate of drug-likeness (QED) is 0.889. The Morgan fingerprint density at radius 1 is 1.35 bits per heavy atom. The van der Waals surface area contributed by atoms with Crippen LogP contribution < -0.4 is 10.1 Å². The highest BCUT2D eigenvalue weighted by atomic mass is 32.1. The normalized spacial score (nSPS) is 11.1. The maximum atomic E-state index is 13.7. The maximum Gasteiger partial charge on any atom is 0.165 e. The molecule has 1 aromatic carbocycles. The van der Waals surface area contributed by atoms with Gasteiger partial charge in [0.25, 0.3) is 0 Å². The Hall–Kier alpha value is -1.53. The van der Waals surface area contributed by atoms with E-state index < -0.39 is 0 Å². The van der Waals surface area contributed by atoms with E-state index in [1.54, 1.807) is 12.1 Å². The summed E-state index contributed by atoms with van der Waals surface area (Å²) >= 11 is 1.47. The molecule has 0 radical (unpaired) electrons. The number of aromatic nitrogens is 2. The number of nitrogens with zero attached hydrogens (tertiary/aromatic N) is 2. The van der Waals surface area contributed by atoms with Gasteiger partial charge in [0.1, 0.15) is 10.0 Å². The van der Waals surface area contributed by atoms with E-state index in [0.717, 1.165) is 17.1 Å². The average Bonchev–Trinajstić information content (AvgIpc) is 2.87. The molecule has 1 aromatic heterocycles. The van der Waals surface area contributed by atoms with Gasteiger partial charge in [-0.15, -0.1) is 10.2 Å². The first-order valence-corrected chi connectivity index (χ1v) is 7.28. The van der Waals surface area contributed by atoms with Crippen LogP contribution in [0, 0.1) is 11.7 Å². The molecule has 108 valence electrons. The van der Waals surface area contributed by atoms with Crippen molar-refractivity contribution < 1.29 is 9.13 Å². The van der Waals surface area contributed by atoms with Crippen molar-refractivity contribution >= 4 is 11.3 Å². The van der Waals surface area contributed by atoms with Crippen molar-refractivity contribution in [3.05, 3.63) is 29.0 Å². The van der Waals surface area contributed by atoms with Crippen LogP contribution in [0.4, 0.5) is 4.39 Å². The summed E-state index contributed by atoms with van der Waals surface area (Å²) in [6.07, 6.45) is 0. The van der Waals surface area contributed by atoms with E-state index in [2.05, 4.69) is 29.4 Å². The van der Waals surface area contributed by atoms with E-state index in [1.165, 1.54) is 24.5 Å². The van der Waals surface area contributed by atoms with E-state index in [-0.39, 0.29) is 11.6 Å². The molecule has 0 amide bonds. The van der Waals surface area contributed by atoms with Gasteiger partial charge in [-0.05, 0) is 30.7 Å². The van der Waals surface area contributed by atoms with E-state index in [1.807, 2.05) is 0 Å². The third kappa shape index (κ3) is 3.74. The van der Waals surface area contributed by atoms with Crippen LogP contribution in [0.3, 0.4) is 0 Å². The zero-order valence-corrected chi connectivity index (χ0v) is 12.6. The molecule has 0 saturated carbocycles. The van der Waals surface area contributed by atoms with Crippen LogP contribution in [0.2, 0.25) is 0 Å². The summed E-state index contributed by atoms with van der Waals surface area (Å²) in [5, 5.41) is 13.1. The smallest absolute Gasteiger partial charge is 0.165 e. The van der Waals surface area contributed by atoms with Gasteiger partial charge in [-0.1, -0.05) is 25.2 Å². The van der Waals surface area contributed by atoms with Gasteiger partial charge in [-0.25, -0.2) is 4.39 Å². The Kier molecular flexibility index (Phi) is 5.03. The van der Waals surface area contributed by atoms with E-state index in [0.29, 0.717) is 17.5 Å². The number of nitrogens with one attached hydrogen (secondary N) is 1. The predicted molar refractivity (Wildman–Crippen MR) is 78.4 cm³/mol. The molecule has 2 aromatic rings. The van der Waals surface area contributed by atoms with Gasteiger partial charge in [0, 0.05) is 12.1 Å². The Morgan fingerprint density at radius 2 is 2.15 bits per heavy atom. The fourth-order valence-corrected chi connectivity index (χ4v) is 2.51. The second-order valence-corrected chi connectivity index (χ2v) is 5.94. The summed E-state index contributed by atoms with van der Waals surface area (Å²) in [5.74, 6) is 0.440. The molecule has 0 unspecified atom stereocenters. The first kappa shape index (κ1) is 14.9. The van der Waals surface area contributed by atoms with Crippen LogP contribution >= 0.6 is 11.3 Å². The number of benzene rings is 1. The molecule has 0 bridgehead atoms. The zero-order chi connectivity index (χ0) is 14.5. The largest absolute Gasteiger partial charge is 0.494 e. The molecule has 1 heterocycles. The Morgan fingerprint density at radius 3 is 2.80 bits per heavy atom. The lowest BCUT2D eigenvalue weighted by molar-refractivity contribution is 0.386. The third-order valence-electron chi connectivity index (χ3n) is 2.69. The minimum absolute atomic E-state index is 0.233. The summed E-state index contributed by atoms with van der Waals surface area (Å²) in [6, 6.07) is 4.81. The molecular formula is C14H18FN3OS. The van der Waals surface area contributed by atoms with Crippen LogP contribution in [0.1, 0.15) is 18.9 Å². The van der Waals surface area contributed by atoms with Crippen molar-refractivity contribution in [1.29, 1.82) is 0 Å². The molecule has 0 fully saturated rings. The standard InChI is InChI=1S/C14H18FN3OS/c1-9(2)7-16-8-13-17-18-14(20-13)10-4-5-12(19-3)11(15)6-10/h4-6,9,16H,7-8H2,1-3H3. The molecular weight excluding hydrogens is 277 g/mol. The third-order valence-corrected chi connectivity index (χ3v) is 3.67. The highest BCUT2D eigenvalue weighted by molar-refractivity contribution is 7.14. The number of hydrogen-bond acceptors (Lipinski definition) is 5. The minimum Gasteiger partial charge on any atom is -0.494 e. The fraction of sp³-hybridized carbons (Fsp3) is 0.429. The van der Waals surface area contributed by atoms with Crippen LogP contribution in [0.25, 0.3) is 10.6 Å². The summed E-state index contributed by atoms with van der Waals surface area (Å²) in [4.78, 5) is 0. The van der Waals surface area contributed by atoms with Crippen molar-refractivity contribution in [2.75, 3.05) is 13.7 Å². The fourth-order valence-electron chi connectivity index (χ4n) is 1.71. The van der Waals surface area contributed by atoms with Crippen molar-refractivity contribution in [3.8, 4) is 16.3 Å². The number of ether oxygens (including phenoxy) is 1. The van der Waals surface area contributed by atoms with Crippen LogP contribution in [0.15, 0.2) is 18.2 Å². The monoisotopic (exact) mass is 295 g/mol. The Bertz CT molecular complexity index is 571. The lowest BCUT2D eigenvalue weighted by Gasteiger charge is -2.04. The van der Waals surface area contributed by atoms with E-state index in [9.17, 15) is 4.39 Å². The molecule has 0 aliphatic rings. The molecule has 0 aliphatic carbocycles. The SMILES string of the molecule is COc1ccc(-c2nnc(CNCC(C)C)s2)cc1F.